The van der Waals surface area contributed by atoms with E-state index in [1.165, 1.54) is 13.2 Å². The average Bonchev–Trinajstić information content (AvgIpc) is 2.75. The van der Waals surface area contributed by atoms with Gasteiger partial charge in [-0.25, -0.2) is 4.79 Å². The number of pyridine rings is 1. The van der Waals surface area contributed by atoms with Gasteiger partial charge in [-0.3, -0.25) is 4.79 Å². The Kier molecular flexibility index (Phi) is 12.1. The van der Waals surface area contributed by atoms with Crippen molar-refractivity contribution in [3.8, 4) is 5.75 Å². The van der Waals surface area contributed by atoms with Gasteiger partial charge in [0.1, 0.15) is 5.69 Å². The van der Waals surface area contributed by atoms with E-state index < -0.39 is 41.5 Å². The maximum Gasteiger partial charge on any atom is 1.00 e. The van der Waals surface area contributed by atoms with Gasteiger partial charge in [-0.2, -0.15) is 0 Å². The molecule has 1 aromatic heterocycles. The first-order valence-electron chi connectivity index (χ1n) is 10.0. The Morgan fingerprint density at radius 2 is 1.71 bits per heavy atom. The average molecular weight is 479 g/mol. The number of carbonyl (C=O) groups excluding carboxylic acids is 2. The maximum absolute atomic E-state index is 12.5. The van der Waals surface area contributed by atoms with Crippen molar-refractivity contribution in [3.05, 3.63) is 93.4 Å². The second-order valence-corrected chi connectivity index (χ2v) is 7.61. The number of hydrogen-bond acceptors (Lipinski definition) is 5. The molecule has 2 N–H and O–H groups in total. The predicted molar refractivity (Wildman–Crippen MR) is 116 cm³/mol. The Morgan fingerprint density at radius 1 is 1.03 bits per heavy atom. The Labute approximate surface area is 242 Å². The number of aromatic nitrogens is 1. The van der Waals surface area contributed by atoms with Gasteiger partial charge in [0.05, 0.1) is 6.04 Å². The monoisotopic (exact) mass is 479 g/mol. The molecule has 3 aromatic rings. The van der Waals surface area contributed by atoms with Crippen LogP contribution < -0.4 is 85.5 Å². The summed E-state index contributed by atoms with van der Waals surface area (Å²) in [5.41, 5.74) is 2.68. The molecule has 1 unspecified atom stereocenters. The van der Waals surface area contributed by atoms with Gasteiger partial charge < -0.3 is 30.2 Å². The zero-order valence-electron chi connectivity index (χ0n) is 19.8. The van der Waals surface area contributed by atoms with Crippen molar-refractivity contribution < 1.29 is 78.9 Å². The van der Waals surface area contributed by atoms with E-state index in [4.69, 9.17) is 0 Å². The summed E-state index contributed by atoms with van der Waals surface area (Å²) in [4.78, 5) is 35.9. The molecule has 1 atom stereocenters. The Bertz CT molecular complexity index is 1200. The number of nitrogens with zero attached hydrogens (tertiary/aromatic N) is 1. The first-order chi connectivity index (χ1) is 15.2. The molecule has 0 saturated carbocycles. The molecule has 2 aromatic carbocycles. The zero-order chi connectivity index (χ0) is 23.3. The number of benzene rings is 2. The van der Waals surface area contributed by atoms with Crippen LogP contribution in [0.25, 0.3) is 0 Å². The maximum atomic E-state index is 12.5. The van der Waals surface area contributed by atoms with Gasteiger partial charge in [0.15, 0.2) is 0 Å². The molecule has 1 heterocycles. The van der Waals surface area contributed by atoms with Crippen molar-refractivity contribution in [2.24, 2.45) is 7.05 Å². The van der Waals surface area contributed by atoms with Crippen molar-refractivity contribution in [1.82, 2.24) is 9.88 Å². The number of carboxylic acid groups (broad SMARTS) is 1. The third-order valence-electron chi connectivity index (χ3n) is 5.03. The van der Waals surface area contributed by atoms with Crippen LogP contribution in [0, 0.1) is 6.92 Å². The molecule has 3 rings (SSSR count). The van der Waals surface area contributed by atoms with E-state index in [1.807, 2.05) is 43.3 Å². The third-order valence-corrected chi connectivity index (χ3v) is 5.03. The van der Waals surface area contributed by atoms with Crippen LogP contribution in [-0.2, 0) is 18.3 Å². The van der Waals surface area contributed by atoms with Gasteiger partial charge in [0, 0.05) is 25.6 Å². The molecule has 0 spiro atoms. The molecule has 2 amide bonds. The van der Waals surface area contributed by atoms with E-state index in [1.54, 1.807) is 12.1 Å². The number of carboxylic acids is 1. The fourth-order valence-electron chi connectivity index (χ4n) is 3.32. The van der Waals surface area contributed by atoms with Crippen LogP contribution in [0.3, 0.4) is 0 Å². The van der Waals surface area contributed by atoms with Crippen molar-refractivity contribution >= 4 is 17.7 Å². The van der Waals surface area contributed by atoms with E-state index in [9.17, 15) is 24.6 Å². The molecule has 0 saturated heterocycles. The minimum atomic E-state index is -1.35. The summed E-state index contributed by atoms with van der Waals surface area (Å²) in [6.07, 6.45) is 1.46. The van der Waals surface area contributed by atoms with Crippen LogP contribution in [0.1, 0.15) is 34.7 Å². The van der Waals surface area contributed by atoms with Crippen LogP contribution in [0.2, 0.25) is 0 Å². The normalized spacial score (nSPS) is 10.9. The Hall–Kier alpha value is -2.07. The minimum absolute atomic E-state index is 0. The number of rotatable bonds is 7. The van der Waals surface area contributed by atoms with Crippen LogP contribution in [-0.4, -0.2) is 16.6 Å². The number of carbonyl (C=O) groups is 2. The van der Waals surface area contributed by atoms with E-state index >= 15 is 0 Å². The van der Waals surface area contributed by atoms with Crippen molar-refractivity contribution in [2.75, 3.05) is 5.32 Å². The van der Waals surface area contributed by atoms with E-state index in [0.717, 1.165) is 27.3 Å². The number of hydrogen-bond donors (Lipinski definition) is 2. The fraction of sp³-hybridized carbons (Fsp3) is 0.208. The molecule has 166 valence electrons. The summed E-state index contributed by atoms with van der Waals surface area (Å²) < 4.78 is 1.16. The molecule has 10 heteroatoms. The summed E-state index contributed by atoms with van der Waals surface area (Å²) in [7, 11) is 1.45. The molecule has 0 radical (unpaired) electrons. The SMILES string of the molecule is Cc1ccc(Cc2cccc(C(CC(=O)[O-])NC(=O)Nc3c([O-])ccn(C)c3=O)c2)cc1.[Na+].[Na+]. The second-order valence-electron chi connectivity index (χ2n) is 7.61. The molecule has 34 heavy (non-hydrogen) atoms. The summed E-state index contributed by atoms with van der Waals surface area (Å²) in [6, 6.07) is 14.7. The smallest absolute Gasteiger partial charge is 0.871 e. The van der Waals surface area contributed by atoms with Crippen LogP contribution in [0.5, 0.6) is 5.75 Å². The molecule has 0 aliphatic rings. The number of aliphatic carboxylic acids is 1. The quantitative estimate of drug-likeness (QED) is 0.330. The number of aryl methyl sites for hydroxylation is 2. The van der Waals surface area contributed by atoms with Gasteiger partial charge in [0.25, 0.3) is 5.56 Å². The van der Waals surface area contributed by atoms with Crippen molar-refractivity contribution in [1.29, 1.82) is 0 Å². The van der Waals surface area contributed by atoms with Gasteiger partial charge in [-0.15, -0.1) is 0 Å². The summed E-state index contributed by atoms with van der Waals surface area (Å²) in [5, 5.41) is 28.0. The second kappa shape index (κ2) is 13.7. The van der Waals surface area contributed by atoms with Gasteiger partial charge in [-0.1, -0.05) is 65.9 Å². The summed E-state index contributed by atoms with van der Waals surface area (Å²) >= 11 is 0. The van der Waals surface area contributed by atoms with Crippen LogP contribution in [0.4, 0.5) is 10.5 Å². The van der Waals surface area contributed by atoms with Gasteiger partial charge in [0.2, 0.25) is 0 Å². The Balaban J connectivity index is 0.00000289. The molecule has 0 aliphatic heterocycles. The van der Waals surface area contributed by atoms with Crippen LogP contribution >= 0.6 is 0 Å². The largest absolute Gasteiger partial charge is 1.00 e. The van der Waals surface area contributed by atoms with Gasteiger partial charge in [-0.05, 0) is 30.0 Å². The summed E-state index contributed by atoms with van der Waals surface area (Å²) in [5.74, 6) is -1.99. The van der Waals surface area contributed by atoms with Crippen LogP contribution in [0.15, 0.2) is 65.6 Å². The molecule has 0 aliphatic carbocycles. The predicted octanol–water partition coefficient (Wildman–Crippen LogP) is -4.63. The molecule has 0 bridgehead atoms. The summed E-state index contributed by atoms with van der Waals surface area (Å²) in [6.45, 7) is 2.01. The van der Waals surface area contributed by atoms with Crippen molar-refractivity contribution in [3.63, 3.8) is 0 Å². The van der Waals surface area contributed by atoms with E-state index in [-0.39, 0.29) is 59.1 Å². The van der Waals surface area contributed by atoms with Gasteiger partial charge >= 0.3 is 65.1 Å². The van der Waals surface area contributed by atoms with E-state index in [0.29, 0.717) is 12.0 Å². The van der Waals surface area contributed by atoms with Crippen molar-refractivity contribution in [2.45, 2.75) is 25.8 Å². The van der Waals surface area contributed by atoms with E-state index in [2.05, 4.69) is 10.6 Å². The first-order valence-corrected chi connectivity index (χ1v) is 10.0. The number of anilines is 1. The number of urea groups is 1. The fourth-order valence-corrected chi connectivity index (χ4v) is 3.32. The molecule has 0 fully saturated rings. The molecular formula is C24H23N3Na2O5. The first kappa shape index (κ1) is 30.0. The third kappa shape index (κ3) is 8.30. The standard InChI is InChI=1S/C24H25N3O5.2Na/c1-15-6-8-16(9-7-15)12-17-4-3-5-18(13-17)19(14-21(29)30)25-24(32)26-22-20(28)10-11-27(2)23(22)31;;/h3-11,13,19,28H,12,14H2,1-2H3,(H,29,30)(H2,25,26,32);;/q;2*+1/p-2. The molecule has 8 nitrogen and oxygen atoms in total. The Morgan fingerprint density at radius 3 is 2.35 bits per heavy atom. The number of amides is 2. The molecular weight excluding hydrogens is 456 g/mol. The zero-order valence-corrected chi connectivity index (χ0v) is 23.8. The minimum Gasteiger partial charge on any atom is -0.871 e. The topological polar surface area (TPSA) is 126 Å². The number of nitrogens with one attached hydrogen (secondary N) is 2.